The van der Waals surface area contributed by atoms with Crippen LogP contribution in [-0.2, 0) is 18.4 Å². The highest BCUT2D eigenvalue weighted by Gasteiger charge is 2.36. The number of hydrogen-bond donors (Lipinski definition) is 1. The number of pyridine rings is 1. The molecule has 0 unspecified atom stereocenters. The van der Waals surface area contributed by atoms with Crippen LogP contribution in [0, 0.1) is 0 Å². The number of aromatic nitrogens is 4. The molecule has 1 aliphatic heterocycles. The summed E-state index contributed by atoms with van der Waals surface area (Å²) in [6.07, 6.45) is 3.23. The number of nitrogens with one attached hydrogen (secondary N) is 1. The van der Waals surface area contributed by atoms with Crippen molar-refractivity contribution < 1.29 is 14.4 Å². The Kier molecular flexibility index (Phi) is 4.97. The SMILES string of the molecule is Cn1c(-c2cccnc2)nn(CCNC(=O)CN2C(=O)c3ccccc3C2=O)c1=O. The molecule has 2 aromatic heterocycles. The van der Waals surface area contributed by atoms with E-state index >= 15 is 0 Å². The molecule has 0 spiro atoms. The Morgan fingerprint density at radius 1 is 1.03 bits per heavy atom. The minimum absolute atomic E-state index is 0.116. The Morgan fingerprint density at radius 2 is 1.73 bits per heavy atom. The van der Waals surface area contributed by atoms with Crippen molar-refractivity contribution in [3.63, 3.8) is 0 Å². The van der Waals surface area contributed by atoms with Crippen molar-refractivity contribution in [1.82, 2.24) is 29.5 Å². The van der Waals surface area contributed by atoms with Crippen LogP contribution in [0.4, 0.5) is 0 Å². The first kappa shape index (κ1) is 19.2. The summed E-state index contributed by atoms with van der Waals surface area (Å²) in [6, 6.07) is 9.98. The second-order valence-electron chi connectivity index (χ2n) is 6.72. The zero-order valence-corrected chi connectivity index (χ0v) is 16.1. The van der Waals surface area contributed by atoms with Crippen LogP contribution in [0.3, 0.4) is 0 Å². The number of benzene rings is 1. The molecule has 0 bridgehead atoms. The highest BCUT2D eigenvalue weighted by atomic mass is 16.2. The largest absolute Gasteiger partial charge is 0.353 e. The van der Waals surface area contributed by atoms with Crippen LogP contribution in [0.25, 0.3) is 11.4 Å². The van der Waals surface area contributed by atoms with E-state index < -0.39 is 17.7 Å². The summed E-state index contributed by atoms with van der Waals surface area (Å²) >= 11 is 0. The topological polar surface area (TPSA) is 119 Å². The summed E-state index contributed by atoms with van der Waals surface area (Å²) in [4.78, 5) is 54.2. The number of carbonyl (C=O) groups excluding carboxylic acids is 3. The van der Waals surface area contributed by atoms with E-state index in [1.54, 1.807) is 55.8 Å². The van der Waals surface area contributed by atoms with Gasteiger partial charge in [-0.25, -0.2) is 9.48 Å². The van der Waals surface area contributed by atoms with E-state index in [1.807, 2.05) is 0 Å². The van der Waals surface area contributed by atoms with Crippen LogP contribution in [-0.4, -0.2) is 55.0 Å². The van der Waals surface area contributed by atoms with Crippen molar-refractivity contribution >= 4 is 17.7 Å². The van der Waals surface area contributed by atoms with Gasteiger partial charge in [-0.15, -0.1) is 5.10 Å². The zero-order chi connectivity index (χ0) is 21.3. The van der Waals surface area contributed by atoms with Crippen molar-refractivity contribution in [1.29, 1.82) is 0 Å². The highest BCUT2D eigenvalue weighted by Crippen LogP contribution is 2.21. The molecule has 0 saturated carbocycles. The van der Waals surface area contributed by atoms with E-state index in [-0.39, 0.29) is 25.3 Å². The Balaban J connectivity index is 1.37. The van der Waals surface area contributed by atoms with E-state index in [0.29, 0.717) is 22.5 Å². The molecule has 10 nitrogen and oxygen atoms in total. The lowest BCUT2D eigenvalue weighted by Crippen LogP contribution is -2.41. The average molecular weight is 406 g/mol. The number of nitrogens with zero attached hydrogens (tertiary/aromatic N) is 5. The fourth-order valence-electron chi connectivity index (χ4n) is 3.26. The fourth-order valence-corrected chi connectivity index (χ4v) is 3.26. The predicted molar refractivity (Wildman–Crippen MR) is 106 cm³/mol. The van der Waals surface area contributed by atoms with Crippen LogP contribution in [0.2, 0.25) is 0 Å². The third-order valence-electron chi connectivity index (χ3n) is 4.79. The van der Waals surface area contributed by atoms with Gasteiger partial charge in [-0.2, -0.15) is 0 Å². The van der Waals surface area contributed by atoms with Gasteiger partial charge >= 0.3 is 5.69 Å². The summed E-state index contributed by atoms with van der Waals surface area (Å²) < 4.78 is 2.64. The number of imide groups is 1. The number of amides is 3. The average Bonchev–Trinajstić information content (AvgIpc) is 3.18. The van der Waals surface area contributed by atoms with Crippen LogP contribution in [0.1, 0.15) is 20.7 Å². The molecule has 3 amide bonds. The molecule has 10 heteroatoms. The number of carbonyl (C=O) groups is 3. The van der Waals surface area contributed by atoms with Gasteiger partial charge in [-0.3, -0.25) is 28.8 Å². The van der Waals surface area contributed by atoms with Crippen LogP contribution < -0.4 is 11.0 Å². The molecule has 3 aromatic rings. The molecule has 3 heterocycles. The molecule has 1 N–H and O–H groups in total. The maximum Gasteiger partial charge on any atom is 0.345 e. The van der Waals surface area contributed by atoms with Gasteiger partial charge in [-0.05, 0) is 24.3 Å². The van der Waals surface area contributed by atoms with Gasteiger partial charge in [0.25, 0.3) is 11.8 Å². The summed E-state index contributed by atoms with van der Waals surface area (Å²) in [6.45, 7) is -0.128. The maximum atomic E-state index is 12.4. The quantitative estimate of drug-likeness (QED) is 0.578. The lowest BCUT2D eigenvalue weighted by molar-refractivity contribution is -0.121. The smallest absolute Gasteiger partial charge is 0.345 e. The molecule has 0 saturated heterocycles. The van der Waals surface area contributed by atoms with Crippen LogP contribution in [0.15, 0.2) is 53.6 Å². The molecule has 0 aliphatic carbocycles. The maximum absolute atomic E-state index is 12.4. The predicted octanol–water partition coefficient (Wildman–Crippen LogP) is 0.0562. The number of hydrogen-bond acceptors (Lipinski definition) is 6. The van der Waals surface area contributed by atoms with Crippen molar-refractivity contribution in [3.8, 4) is 11.4 Å². The van der Waals surface area contributed by atoms with Crippen molar-refractivity contribution in [2.45, 2.75) is 6.54 Å². The first-order valence-electron chi connectivity index (χ1n) is 9.23. The number of rotatable bonds is 6. The monoisotopic (exact) mass is 406 g/mol. The Labute approximate surface area is 170 Å². The summed E-state index contributed by atoms with van der Waals surface area (Å²) in [7, 11) is 1.61. The highest BCUT2D eigenvalue weighted by molar-refractivity contribution is 6.22. The molecule has 4 rings (SSSR count). The standard InChI is InChI=1S/C20H18N6O4/c1-24-17(13-5-4-8-21-11-13)23-26(20(24)30)10-9-22-16(27)12-25-18(28)14-6-2-3-7-15(14)19(25)29/h2-8,11H,9-10,12H2,1H3,(H,22,27). The minimum atomic E-state index is -0.499. The van der Waals surface area contributed by atoms with Gasteiger partial charge in [0.2, 0.25) is 5.91 Å². The molecule has 1 aromatic carbocycles. The van der Waals surface area contributed by atoms with Crippen molar-refractivity contribution in [3.05, 3.63) is 70.4 Å². The molecule has 1 aliphatic rings. The lowest BCUT2D eigenvalue weighted by Gasteiger charge is -2.13. The molecule has 0 fully saturated rings. The third kappa shape index (κ3) is 3.39. The summed E-state index contributed by atoms with van der Waals surface area (Å²) in [5.41, 5.74) is 0.950. The lowest BCUT2D eigenvalue weighted by atomic mass is 10.1. The normalized spacial score (nSPS) is 12.9. The molecular formula is C20H18N6O4. The third-order valence-corrected chi connectivity index (χ3v) is 4.79. The Morgan fingerprint density at radius 3 is 2.37 bits per heavy atom. The van der Waals surface area contributed by atoms with E-state index in [4.69, 9.17) is 0 Å². The van der Waals surface area contributed by atoms with Crippen molar-refractivity contribution in [2.24, 2.45) is 7.05 Å². The van der Waals surface area contributed by atoms with Gasteiger partial charge < -0.3 is 5.32 Å². The van der Waals surface area contributed by atoms with Crippen LogP contribution >= 0.6 is 0 Å². The Bertz CT molecular complexity index is 1160. The van der Waals surface area contributed by atoms with E-state index in [1.165, 1.54) is 9.25 Å². The Hall–Kier alpha value is -4.08. The first-order valence-corrected chi connectivity index (χ1v) is 9.23. The molecule has 0 atom stereocenters. The van der Waals surface area contributed by atoms with Gasteiger partial charge in [0.15, 0.2) is 5.82 Å². The first-order chi connectivity index (χ1) is 14.5. The second kappa shape index (κ2) is 7.74. The fraction of sp³-hybridized carbons (Fsp3) is 0.200. The molecule has 0 radical (unpaired) electrons. The zero-order valence-electron chi connectivity index (χ0n) is 16.1. The van der Waals surface area contributed by atoms with E-state index in [0.717, 1.165) is 4.90 Å². The van der Waals surface area contributed by atoms with E-state index in [2.05, 4.69) is 15.4 Å². The molecular weight excluding hydrogens is 388 g/mol. The molecule has 152 valence electrons. The number of fused-ring (bicyclic) bond motifs is 1. The van der Waals surface area contributed by atoms with Crippen molar-refractivity contribution in [2.75, 3.05) is 13.1 Å². The summed E-state index contributed by atoms with van der Waals surface area (Å²) in [5.74, 6) is -1.02. The van der Waals surface area contributed by atoms with Gasteiger partial charge in [0, 0.05) is 31.5 Å². The van der Waals surface area contributed by atoms with Gasteiger partial charge in [0.05, 0.1) is 17.7 Å². The van der Waals surface area contributed by atoms with Crippen LogP contribution in [0.5, 0.6) is 0 Å². The molecule has 30 heavy (non-hydrogen) atoms. The second-order valence-corrected chi connectivity index (χ2v) is 6.72. The van der Waals surface area contributed by atoms with Gasteiger partial charge in [0.1, 0.15) is 6.54 Å². The van der Waals surface area contributed by atoms with E-state index in [9.17, 15) is 19.2 Å². The minimum Gasteiger partial charge on any atom is -0.353 e. The summed E-state index contributed by atoms with van der Waals surface area (Å²) in [5, 5.41) is 6.90. The van der Waals surface area contributed by atoms with Gasteiger partial charge in [-0.1, -0.05) is 12.1 Å².